The molecule has 1 aliphatic rings. The van der Waals surface area contributed by atoms with Crippen LogP contribution in [-0.2, 0) is 16.0 Å². The molecule has 2 aromatic rings. The molecule has 3 rings (SSSR count). The molecule has 1 aliphatic heterocycles. The molecule has 0 spiro atoms. The van der Waals surface area contributed by atoms with E-state index in [1.807, 2.05) is 6.07 Å². The summed E-state index contributed by atoms with van der Waals surface area (Å²) in [7, 11) is 1.45. The quantitative estimate of drug-likeness (QED) is 0.926. The van der Waals surface area contributed by atoms with Gasteiger partial charge in [-0.2, -0.15) is 0 Å². The molecule has 25 heavy (non-hydrogen) atoms. The van der Waals surface area contributed by atoms with Crippen LogP contribution in [-0.4, -0.2) is 32.1 Å². The lowest BCUT2D eigenvalue weighted by atomic mass is 10.1. The van der Waals surface area contributed by atoms with Crippen molar-refractivity contribution in [2.75, 3.05) is 30.5 Å². The van der Waals surface area contributed by atoms with Crippen molar-refractivity contribution in [3.05, 3.63) is 59.2 Å². The molecular weight excluding hydrogens is 330 g/mol. The molecule has 0 unspecified atom stereocenters. The van der Waals surface area contributed by atoms with Crippen molar-refractivity contribution >= 4 is 23.2 Å². The second-order valence-corrected chi connectivity index (χ2v) is 5.65. The topological polar surface area (TPSA) is 58.6 Å². The Morgan fingerprint density at radius 1 is 1.20 bits per heavy atom. The second kappa shape index (κ2) is 6.98. The lowest BCUT2D eigenvalue weighted by Gasteiger charge is -2.17. The van der Waals surface area contributed by atoms with Gasteiger partial charge in [-0.15, -0.1) is 0 Å². The van der Waals surface area contributed by atoms with Crippen molar-refractivity contribution < 1.29 is 23.1 Å². The standard InChI is InChI=1S/C18H16F2N2O3/c1-25-10-17(23)22-7-6-11-2-4-13(9-16(11)22)21-18(24)14-5-3-12(19)8-15(14)20/h2-5,8-9H,6-7,10H2,1H3,(H,21,24). The van der Waals surface area contributed by atoms with Gasteiger partial charge in [0, 0.05) is 31.1 Å². The number of fused-ring (bicyclic) bond motifs is 1. The Morgan fingerprint density at radius 3 is 2.72 bits per heavy atom. The minimum atomic E-state index is -0.935. The highest BCUT2D eigenvalue weighted by Crippen LogP contribution is 2.31. The van der Waals surface area contributed by atoms with Crippen LogP contribution >= 0.6 is 0 Å². The van der Waals surface area contributed by atoms with Crippen molar-refractivity contribution in [2.45, 2.75) is 6.42 Å². The first kappa shape index (κ1) is 17.0. The van der Waals surface area contributed by atoms with Crippen LogP contribution in [0.25, 0.3) is 0 Å². The molecule has 2 amide bonds. The largest absolute Gasteiger partial charge is 0.375 e. The van der Waals surface area contributed by atoms with E-state index in [9.17, 15) is 18.4 Å². The average molecular weight is 346 g/mol. The molecule has 1 N–H and O–H groups in total. The number of methoxy groups -OCH3 is 1. The fourth-order valence-corrected chi connectivity index (χ4v) is 2.79. The molecule has 0 radical (unpaired) electrons. The normalized spacial score (nSPS) is 12.8. The van der Waals surface area contributed by atoms with E-state index in [0.717, 1.165) is 17.7 Å². The number of benzene rings is 2. The summed E-state index contributed by atoms with van der Waals surface area (Å²) in [5.41, 5.74) is 1.84. The monoisotopic (exact) mass is 346 g/mol. The van der Waals surface area contributed by atoms with Crippen LogP contribution < -0.4 is 10.2 Å². The highest BCUT2D eigenvalue weighted by atomic mass is 19.1. The van der Waals surface area contributed by atoms with Gasteiger partial charge in [-0.3, -0.25) is 9.59 Å². The van der Waals surface area contributed by atoms with Crippen LogP contribution in [0.2, 0.25) is 0 Å². The van der Waals surface area contributed by atoms with Crippen molar-refractivity contribution in [3.63, 3.8) is 0 Å². The van der Waals surface area contributed by atoms with Gasteiger partial charge < -0.3 is 15.0 Å². The molecule has 7 heteroatoms. The van der Waals surface area contributed by atoms with Gasteiger partial charge in [-0.25, -0.2) is 8.78 Å². The number of amides is 2. The highest BCUT2D eigenvalue weighted by molar-refractivity contribution is 6.05. The summed E-state index contributed by atoms with van der Waals surface area (Å²) in [5, 5.41) is 2.57. The third-order valence-corrected chi connectivity index (χ3v) is 3.98. The third kappa shape index (κ3) is 3.51. The first-order chi connectivity index (χ1) is 12.0. The Hall–Kier alpha value is -2.80. The smallest absolute Gasteiger partial charge is 0.258 e. The molecule has 0 fully saturated rings. The summed E-state index contributed by atoms with van der Waals surface area (Å²) in [6.45, 7) is 0.512. The summed E-state index contributed by atoms with van der Waals surface area (Å²) < 4.78 is 31.5. The SMILES string of the molecule is COCC(=O)N1CCc2ccc(NC(=O)c3ccc(F)cc3F)cc21. The van der Waals surface area contributed by atoms with E-state index in [-0.39, 0.29) is 18.1 Å². The molecule has 2 aromatic carbocycles. The fourth-order valence-electron chi connectivity index (χ4n) is 2.79. The number of carbonyl (C=O) groups excluding carboxylic acids is 2. The number of rotatable bonds is 4. The third-order valence-electron chi connectivity index (χ3n) is 3.98. The minimum Gasteiger partial charge on any atom is -0.375 e. The Balaban J connectivity index is 1.81. The highest BCUT2D eigenvalue weighted by Gasteiger charge is 2.25. The van der Waals surface area contributed by atoms with Crippen molar-refractivity contribution in [3.8, 4) is 0 Å². The van der Waals surface area contributed by atoms with Crippen LogP contribution in [0.4, 0.5) is 20.2 Å². The molecule has 0 aliphatic carbocycles. The van der Waals surface area contributed by atoms with Gasteiger partial charge in [0.15, 0.2) is 0 Å². The second-order valence-electron chi connectivity index (χ2n) is 5.65. The van der Waals surface area contributed by atoms with Gasteiger partial charge in [0.1, 0.15) is 18.2 Å². The molecule has 0 aromatic heterocycles. The predicted molar refractivity (Wildman–Crippen MR) is 88.7 cm³/mol. The molecular formula is C18H16F2N2O3. The summed E-state index contributed by atoms with van der Waals surface area (Å²) in [5.74, 6) is -2.55. The zero-order chi connectivity index (χ0) is 18.0. The fraction of sp³-hybridized carbons (Fsp3) is 0.222. The van der Waals surface area contributed by atoms with Crippen LogP contribution in [0.1, 0.15) is 15.9 Å². The number of carbonyl (C=O) groups is 2. The van der Waals surface area contributed by atoms with Gasteiger partial charge in [-0.1, -0.05) is 6.07 Å². The van der Waals surface area contributed by atoms with Crippen LogP contribution in [0.5, 0.6) is 0 Å². The predicted octanol–water partition coefficient (Wildman–Crippen LogP) is 2.75. The van der Waals surface area contributed by atoms with E-state index in [0.29, 0.717) is 30.4 Å². The summed E-state index contributed by atoms with van der Waals surface area (Å²) in [6, 6.07) is 7.92. The van der Waals surface area contributed by atoms with E-state index in [2.05, 4.69) is 5.32 Å². The molecule has 0 bridgehead atoms. The lowest BCUT2D eigenvalue weighted by molar-refractivity contribution is -0.122. The number of hydrogen-bond donors (Lipinski definition) is 1. The first-order valence-corrected chi connectivity index (χ1v) is 7.68. The van der Waals surface area contributed by atoms with Crippen LogP contribution in [0, 0.1) is 11.6 Å². The van der Waals surface area contributed by atoms with Gasteiger partial charge in [0.2, 0.25) is 0 Å². The minimum absolute atomic E-state index is 0.0309. The summed E-state index contributed by atoms with van der Waals surface area (Å²) in [4.78, 5) is 25.8. The molecule has 1 heterocycles. The molecule has 5 nitrogen and oxygen atoms in total. The Labute approximate surface area is 143 Å². The van der Waals surface area contributed by atoms with Gasteiger partial charge in [-0.05, 0) is 36.2 Å². The average Bonchev–Trinajstić information content (AvgIpc) is 2.98. The zero-order valence-electron chi connectivity index (χ0n) is 13.5. The van der Waals surface area contributed by atoms with Crippen molar-refractivity contribution in [1.29, 1.82) is 0 Å². The number of nitrogens with zero attached hydrogens (tertiary/aromatic N) is 1. The van der Waals surface area contributed by atoms with E-state index < -0.39 is 17.5 Å². The van der Waals surface area contributed by atoms with Gasteiger partial charge >= 0.3 is 0 Å². The number of anilines is 2. The number of hydrogen-bond acceptors (Lipinski definition) is 3. The van der Waals surface area contributed by atoms with Gasteiger partial charge in [0.25, 0.3) is 11.8 Å². The van der Waals surface area contributed by atoms with Crippen molar-refractivity contribution in [2.24, 2.45) is 0 Å². The Kier molecular flexibility index (Phi) is 4.76. The van der Waals surface area contributed by atoms with E-state index in [4.69, 9.17) is 4.74 Å². The maximum absolute atomic E-state index is 13.7. The Bertz CT molecular complexity index is 839. The van der Waals surface area contributed by atoms with Crippen LogP contribution in [0.3, 0.4) is 0 Å². The molecule has 0 saturated carbocycles. The van der Waals surface area contributed by atoms with Crippen LogP contribution in [0.15, 0.2) is 36.4 Å². The number of halogens is 2. The Morgan fingerprint density at radius 2 is 2.00 bits per heavy atom. The van der Waals surface area contributed by atoms with Gasteiger partial charge in [0.05, 0.1) is 5.56 Å². The van der Waals surface area contributed by atoms with E-state index >= 15 is 0 Å². The maximum atomic E-state index is 13.7. The number of nitrogens with one attached hydrogen (secondary N) is 1. The summed E-state index contributed by atoms with van der Waals surface area (Å²) >= 11 is 0. The summed E-state index contributed by atoms with van der Waals surface area (Å²) in [6.07, 6.45) is 0.714. The van der Waals surface area contributed by atoms with E-state index in [1.54, 1.807) is 17.0 Å². The lowest BCUT2D eigenvalue weighted by Crippen LogP contribution is -2.32. The molecule has 0 atom stereocenters. The number of ether oxygens (including phenoxy) is 1. The maximum Gasteiger partial charge on any atom is 0.258 e. The molecule has 130 valence electrons. The molecule has 0 saturated heterocycles. The van der Waals surface area contributed by atoms with E-state index in [1.165, 1.54) is 7.11 Å². The first-order valence-electron chi connectivity index (χ1n) is 7.68. The zero-order valence-corrected chi connectivity index (χ0v) is 13.5. The van der Waals surface area contributed by atoms with Crippen molar-refractivity contribution in [1.82, 2.24) is 0 Å².